The van der Waals surface area contributed by atoms with Gasteiger partial charge in [0.05, 0.1) is 13.7 Å². The van der Waals surface area contributed by atoms with Crippen LogP contribution in [0.25, 0.3) is 0 Å². The topological polar surface area (TPSA) is 50.7 Å². The van der Waals surface area contributed by atoms with Crippen LogP contribution in [0, 0.1) is 5.92 Å². The Labute approximate surface area is 126 Å². The number of rotatable bonds is 4. The lowest BCUT2D eigenvalue weighted by Crippen LogP contribution is -2.36. The summed E-state index contributed by atoms with van der Waals surface area (Å²) in [5.74, 6) is 2.23. The molecule has 0 saturated heterocycles. The highest BCUT2D eigenvalue weighted by Gasteiger charge is 2.30. The van der Waals surface area contributed by atoms with Gasteiger partial charge < -0.3 is 19.9 Å². The first-order chi connectivity index (χ1) is 10.3. The molecule has 1 heterocycles. The Morgan fingerprint density at radius 3 is 3.00 bits per heavy atom. The van der Waals surface area contributed by atoms with Gasteiger partial charge in [-0.3, -0.25) is 0 Å². The molecule has 1 aromatic carbocycles. The summed E-state index contributed by atoms with van der Waals surface area (Å²) in [5, 5.41) is 13.3. The van der Waals surface area contributed by atoms with Crippen molar-refractivity contribution in [3.63, 3.8) is 0 Å². The van der Waals surface area contributed by atoms with Gasteiger partial charge in [-0.1, -0.05) is 6.42 Å². The van der Waals surface area contributed by atoms with E-state index in [0.717, 1.165) is 43.8 Å². The first-order valence-corrected chi connectivity index (χ1v) is 7.99. The first kappa shape index (κ1) is 14.7. The van der Waals surface area contributed by atoms with E-state index in [9.17, 15) is 5.11 Å². The molecule has 21 heavy (non-hydrogen) atoms. The number of hydrogen-bond donors (Lipinski definition) is 2. The zero-order valence-electron chi connectivity index (χ0n) is 12.7. The highest BCUT2D eigenvalue weighted by Crippen LogP contribution is 2.36. The van der Waals surface area contributed by atoms with Crippen molar-refractivity contribution in [3.05, 3.63) is 23.8 Å². The summed E-state index contributed by atoms with van der Waals surface area (Å²) >= 11 is 0. The number of aliphatic hydroxyl groups is 1. The summed E-state index contributed by atoms with van der Waals surface area (Å²) in [6, 6.07) is 6.74. The van der Waals surface area contributed by atoms with E-state index in [1.54, 1.807) is 7.11 Å². The van der Waals surface area contributed by atoms with Crippen LogP contribution in [-0.2, 0) is 0 Å². The fraction of sp³-hybridized carbons (Fsp3) is 0.647. The largest absolute Gasteiger partial charge is 0.497 e. The number of aliphatic hydroxyl groups excluding tert-OH is 1. The van der Waals surface area contributed by atoms with E-state index in [1.165, 1.54) is 12.0 Å². The highest BCUT2D eigenvalue weighted by atomic mass is 16.5. The van der Waals surface area contributed by atoms with Crippen molar-refractivity contribution in [1.82, 2.24) is 5.32 Å². The molecule has 3 atom stereocenters. The third-order valence-corrected chi connectivity index (χ3v) is 4.80. The first-order valence-electron chi connectivity index (χ1n) is 7.99. The number of nitrogens with one attached hydrogen (secondary N) is 1. The lowest BCUT2D eigenvalue weighted by molar-refractivity contribution is 0.198. The van der Waals surface area contributed by atoms with E-state index >= 15 is 0 Å². The predicted octanol–water partition coefficient (Wildman–Crippen LogP) is 2.66. The van der Waals surface area contributed by atoms with Crippen LogP contribution in [0.4, 0.5) is 0 Å². The minimum Gasteiger partial charge on any atom is -0.497 e. The van der Waals surface area contributed by atoms with Crippen molar-refractivity contribution >= 4 is 0 Å². The summed E-state index contributed by atoms with van der Waals surface area (Å²) in [6.45, 7) is 1.05. The average molecular weight is 291 g/mol. The van der Waals surface area contributed by atoms with Crippen molar-refractivity contribution in [2.24, 2.45) is 5.92 Å². The average Bonchev–Trinajstić information content (AvgIpc) is 2.87. The van der Waals surface area contributed by atoms with Crippen molar-refractivity contribution in [2.75, 3.05) is 20.3 Å². The number of ether oxygens (including phenoxy) is 2. The van der Waals surface area contributed by atoms with Crippen LogP contribution in [0.2, 0.25) is 0 Å². The van der Waals surface area contributed by atoms with E-state index in [0.29, 0.717) is 12.0 Å². The Hall–Kier alpha value is -1.26. The van der Waals surface area contributed by atoms with E-state index in [4.69, 9.17) is 9.47 Å². The van der Waals surface area contributed by atoms with E-state index in [2.05, 4.69) is 11.4 Å². The van der Waals surface area contributed by atoms with Crippen LogP contribution in [0.5, 0.6) is 11.5 Å². The molecule has 116 valence electrons. The Kier molecular flexibility index (Phi) is 4.66. The van der Waals surface area contributed by atoms with Crippen LogP contribution >= 0.6 is 0 Å². The van der Waals surface area contributed by atoms with Crippen LogP contribution in [0.3, 0.4) is 0 Å². The van der Waals surface area contributed by atoms with E-state index in [-0.39, 0.29) is 12.6 Å². The molecule has 0 aromatic heterocycles. The molecule has 0 amide bonds. The summed E-state index contributed by atoms with van der Waals surface area (Å²) in [7, 11) is 1.69. The third-order valence-electron chi connectivity index (χ3n) is 4.80. The summed E-state index contributed by atoms with van der Waals surface area (Å²) in [5.41, 5.74) is 1.19. The van der Waals surface area contributed by atoms with Crippen molar-refractivity contribution < 1.29 is 14.6 Å². The van der Waals surface area contributed by atoms with Crippen LogP contribution < -0.4 is 14.8 Å². The third kappa shape index (κ3) is 3.16. The molecule has 1 fully saturated rings. The van der Waals surface area contributed by atoms with E-state index in [1.807, 2.05) is 12.1 Å². The van der Waals surface area contributed by atoms with Gasteiger partial charge in [-0.25, -0.2) is 0 Å². The van der Waals surface area contributed by atoms with Gasteiger partial charge in [0.1, 0.15) is 11.5 Å². The lowest BCUT2D eigenvalue weighted by atomic mass is 9.97. The second-order valence-electron chi connectivity index (χ2n) is 6.09. The standard InChI is InChI=1S/C17H25NO3/c1-20-13-7-8-17-14(10-13)16(6-3-9-21-17)18-15-5-2-4-12(15)11-19/h7-8,10,12,15-16,18-19H,2-6,9,11H2,1H3/t12-,15+,16-/m1/s1. The van der Waals surface area contributed by atoms with Crippen molar-refractivity contribution in [2.45, 2.75) is 44.2 Å². The Balaban J connectivity index is 1.82. The molecule has 1 saturated carbocycles. The molecule has 1 aromatic rings. The van der Waals surface area contributed by atoms with Crippen LogP contribution in [-0.4, -0.2) is 31.5 Å². The summed E-state index contributed by atoms with van der Waals surface area (Å²) < 4.78 is 11.2. The van der Waals surface area contributed by atoms with Gasteiger partial charge in [-0.2, -0.15) is 0 Å². The maximum Gasteiger partial charge on any atom is 0.124 e. The fourth-order valence-corrected chi connectivity index (χ4v) is 3.59. The predicted molar refractivity (Wildman–Crippen MR) is 81.8 cm³/mol. The zero-order chi connectivity index (χ0) is 14.7. The molecule has 1 aliphatic carbocycles. The minimum atomic E-state index is 0.284. The van der Waals surface area contributed by atoms with Gasteiger partial charge in [-0.15, -0.1) is 0 Å². The maximum absolute atomic E-state index is 9.51. The number of hydrogen-bond acceptors (Lipinski definition) is 4. The molecular formula is C17H25NO3. The van der Waals surface area contributed by atoms with Crippen molar-refractivity contribution in [1.29, 1.82) is 0 Å². The van der Waals surface area contributed by atoms with Gasteiger partial charge >= 0.3 is 0 Å². The van der Waals surface area contributed by atoms with Crippen LogP contribution in [0.1, 0.15) is 43.7 Å². The molecule has 3 rings (SSSR count). The monoisotopic (exact) mass is 291 g/mol. The SMILES string of the molecule is COc1ccc2c(c1)[C@H](N[C@H]1CCC[C@@H]1CO)CCCO2. The van der Waals surface area contributed by atoms with Gasteiger partial charge in [-0.05, 0) is 49.8 Å². The van der Waals surface area contributed by atoms with Gasteiger partial charge in [0.2, 0.25) is 0 Å². The maximum atomic E-state index is 9.51. The molecule has 0 unspecified atom stereocenters. The molecule has 4 nitrogen and oxygen atoms in total. The molecule has 2 N–H and O–H groups in total. The van der Waals surface area contributed by atoms with Gasteiger partial charge in [0, 0.05) is 24.3 Å². The number of benzene rings is 1. The fourth-order valence-electron chi connectivity index (χ4n) is 3.59. The highest BCUT2D eigenvalue weighted by molar-refractivity contribution is 5.42. The number of methoxy groups -OCH3 is 1. The Bertz CT molecular complexity index is 477. The molecule has 0 bridgehead atoms. The molecule has 1 aliphatic heterocycles. The lowest BCUT2D eigenvalue weighted by Gasteiger charge is -2.26. The van der Waals surface area contributed by atoms with Gasteiger partial charge in [0.25, 0.3) is 0 Å². The van der Waals surface area contributed by atoms with E-state index < -0.39 is 0 Å². The second kappa shape index (κ2) is 6.67. The minimum absolute atomic E-state index is 0.284. The molecule has 4 heteroatoms. The summed E-state index contributed by atoms with van der Waals surface area (Å²) in [4.78, 5) is 0. The molecule has 0 radical (unpaired) electrons. The van der Waals surface area contributed by atoms with Crippen molar-refractivity contribution in [3.8, 4) is 11.5 Å². The molecule has 2 aliphatic rings. The quantitative estimate of drug-likeness (QED) is 0.895. The zero-order valence-corrected chi connectivity index (χ0v) is 12.7. The van der Waals surface area contributed by atoms with Gasteiger partial charge in [0.15, 0.2) is 0 Å². The number of fused-ring (bicyclic) bond motifs is 1. The second-order valence-corrected chi connectivity index (χ2v) is 6.09. The summed E-state index contributed by atoms with van der Waals surface area (Å²) in [6.07, 6.45) is 5.60. The Morgan fingerprint density at radius 2 is 2.19 bits per heavy atom. The normalized spacial score (nSPS) is 28.6. The molecule has 0 spiro atoms. The van der Waals surface area contributed by atoms with Crippen LogP contribution in [0.15, 0.2) is 18.2 Å². The molecular weight excluding hydrogens is 266 g/mol. The smallest absolute Gasteiger partial charge is 0.124 e. The Morgan fingerprint density at radius 1 is 1.29 bits per heavy atom.